The molecule has 0 fully saturated rings. The fourth-order valence-electron chi connectivity index (χ4n) is 1.89. The third kappa shape index (κ3) is 2.79. The number of rotatable bonds is 3. The molecule has 0 atom stereocenters. The van der Waals surface area contributed by atoms with Gasteiger partial charge in [-0.2, -0.15) is 0 Å². The van der Waals surface area contributed by atoms with Crippen molar-refractivity contribution in [3.05, 3.63) is 23.0 Å². The average molecular weight is 297 g/mol. The standard InChI is InChI=1S/C12H15N3O4S/c1-6(2)10-9-8(11(16)15-20(4,17)18)5-7(3)13-12(9)19-14-10/h5-6H,1-4H3,(H,15,16). The van der Waals surface area contributed by atoms with Crippen molar-refractivity contribution in [1.29, 1.82) is 0 Å². The van der Waals surface area contributed by atoms with E-state index in [-0.39, 0.29) is 17.2 Å². The summed E-state index contributed by atoms with van der Waals surface area (Å²) in [5.74, 6) is -0.696. The Bertz CT molecular complexity index is 777. The minimum atomic E-state index is -3.64. The molecule has 2 rings (SSSR count). The molecular weight excluding hydrogens is 282 g/mol. The van der Waals surface area contributed by atoms with E-state index in [1.807, 2.05) is 18.6 Å². The number of amides is 1. The number of aromatic nitrogens is 2. The van der Waals surface area contributed by atoms with Gasteiger partial charge in [0.05, 0.1) is 22.9 Å². The fraction of sp³-hybridized carbons (Fsp3) is 0.417. The first-order chi connectivity index (χ1) is 9.19. The molecule has 8 heteroatoms. The van der Waals surface area contributed by atoms with E-state index >= 15 is 0 Å². The maximum atomic E-state index is 12.1. The lowest BCUT2D eigenvalue weighted by Crippen LogP contribution is -2.29. The maximum absolute atomic E-state index is 12.1. The SMILES string of the molecule is Cc1cc(C(=O)NS(C)(=O)=O)c2c(C(C)C)noc2n1. The number of nitrogens with one attached hydrogen (secondary N) is 1. The molecule has 108 valence electrons. The molecule has 0 unspecified atom stereocenters. The van der Waals surface area contributed by atoms with Gasteiger partial charge in [-0.25, -0.2) is 18.1 Å². The quantitative estimate of drug-likeness (QED) is 0.917. The van der Waals surface area contributed by atoms with Gasteiger partial charge in [0, 0.05) is 5.69 Å². The zero-order valence-electron chi connectivity index (χ0n) is 11.6. The first-order valence-corrected chi connectivity index (χ1v) is 7.87. The third-order valence-corrected chi connectivity index (χ3v) is 3.23. The number of aryl methyl sites for hydroxylation is 1. The number of pyridine rings is 1. The van der Waals surface area contributed by atoms with E-state index in [0.29, 0.717) is 16.8 Å². The van der Waals surface area contributed by atoms with Crippen molar-refractivity contribution in [3.8, 4) is 0 Å². The molecule has 2 aromatic heterocycles. The minimum absolute atomic E-state index is 0.0190. The van der Waals surface area contributed by atoms with Crippen LogP contribution in [-0.4, -0.2) is 30.7 Å². The van der Waals surface area contributed by atoms with Crippen molar-refractivity contribution in [2.24, 2.45) is 0 Å². The second kappa shape index (κ2) is 4.86. The molecule has 0 spiro atoms. The van der Waals surface area contributed by atoms with Gasteiger partial charge in [-0.05, 0) is 18.9 Å². The summed E-state index contributed by atoms with van der Waals surface area (Å²) in [6, 6.07) is 1.52. The van der Waals surface area contributed by atoms with Gasteiger partial charge in [0.25, 0.3) is 11.6 Å². The second-order valence-corrected chi connectivity index (χ2v) is 6.67. The molecule has 0 aliphatic rings. The first-order valence-electron chi connectivity index (χ1n) is 5.98. The summed E-state index contributed by atoms with van der Waals surface area (Å²) in [4.78, 5) is 16.3. The molecule has 0 saturated heterocycles. The van der Waals surface area contributed by atoms with Gasteiger partial charge in [-0.1, -0.05) is 19.0 Å². The second-order valence-electron chi connectivity index (χ2n) is 4.92. The fourth-order valence-corrected chi connectivity index (χ4v) is 2.34. The Kier molecular flexibility index (Phi) is 3.51. The van der Waals surface area contributed by atoms with Gasteiger partial charge >= 0.3 is 0 Å². The van der Waals surface area contributed by atoms with Crippen LogP contribution in [0.4, 0.5) is 0 Å². The first kappa shape index (κ1) is 14.4. The lowest BCUT2D eigenvalue weighted by Gasteiger charge is -2.06. The highest BCUT2D eigenvalue weighted by atomic mass is 32.2. The van der Waals surface area contributed by atoms with Crippen LogP contribution in [-0.2, 0) is 10.0 Å². The van der Waals surface area contributed by atoms with E-state index in [9.17, 15) is 13.2 Å². The van der Waals surface area contributed by atoms with Gasteiger partial charge in [0.15, 0.2) is 0 Å². The van der Waals surface area contributed by atoms with Crippen LogP contribution in [0.5, 0.6) is 0 Å². The maximum Gasteiger partial charge on any atom is 0.265 e. The van der Waals surface area contributed by atoms with Gasteiger partial charge in [-0.15, -0.1) is 0 Å². The number of sulfonamides is 1. The molecule has 2 aromatic rings. The molecule has 1 amide bonds. The van der Waals surface area contributed by atoms with Crippen LogP contribution in [0.2, 0.25) is 0 Å². The zero-order chi connectivity index (χ0) is 15.1. The highest BCUT2D eigenvalue weighted by molar-refractivity contribution is 7.89. The largest absolute Gasteiger partial charge is 0.335 e. The molecule has 0 aliphatic carbocycles. The van der Waals surface area contributed by atoms with E-state index in [4.69, 9.17) is 4.52 Å². The van der Waals surface area contributed by atoms with E-state index in [1.54, 1.807) is 6.92 Å². The third-order valence-electron chi connectivity index (χ3n) is 2.67. The summed E-state index contributed by atoms with van der Waals surface area (Å²) in [6.07, 6.45) is 0.924. The molecule has 0 radical (unpaired) electrons. The Morgan fingerprint density at radius 1 is 1.40 bits per heavy atom. The molecule has 2 heterocycles. The summed E-state index contributed by atoms with van der Waals surface area (Å²) in [6.45, 7) is 5.49. The Labute approximate surface area is 116 Å². The summed E-state index contributed by atoms with van der Waals surface area (Å²) >= 11 is 0. The van der Waals surface area contributed by atoms with Crippen LogP contribution in [0.25, 0.3) is 11.1 Å². The summed E-state index contributed by atoms with van der Waals surface area (Å²) in [5.41, 5.74) is 1.55. The zero-order valence-corrected chi connectivity index (χ0v) is 12.4. The lowest BCUT2D eigenvalue weighted by molar-refractivity contribution is 0.0983. The monoisotopic (exact) mass is 297 g/mol. The molecule has 1 N–H and O–H groups in total. The normalized spacial score (nSPS) is 12.1. The Morgan fingerprint density at radius 3 is 2.60 bits per heavy atom. The van der Waals surface area contributed by atoms with E-state index < -0.39 is 15.9 Å². The molecule has 0 aliphatic heterocycles. The Hall–Kier alpha value is -1.96. The smallest absolute Gasteiger partial charge is 0.265 e. The lowest BCUT2D eigenvalue weighted by atomic mass is 10.0. The molecule has 0 bridgehead atoms. The predicted molar refractivity (Wildman–Crippen MR) is 72.9 cm³/mol. The van der Waals surface area contributed by atoms with Crippen LogP contribution in [0.15, 0.2) is 10.6 Å². The van der Waals surface area contributed by atoms with Crippen molar-refractivity contribution in [2.45, 2.75) is 26.7 Å². The summed E-state index contributed by atoms with van der Waals surface area (Å²) in [7, 11) is -3.64. The van der Waals surface area contributed by atoms with Crippen molar-refractivity contribution in [1.82, 2.24) is 14.9 Å². The predicted octanol–water partition coefficient (Wildman–Crippen LogP) is 1.34. The topological polar surface area (TPSA) is 102 Å². The van der Waals surface area contributed by atoms with Gasteiger partial charge < -0.3 is 4.52 Å². The van der Waals surface area contributed by atoms with Crippen LogP contribution in [0, 0.1) is 6.92 Å². The number of carbonyl (C=O) groups excluding carboxylic acids is 1. The van der Waals surface area contributed by atoms with Gasteiger partial charge in [0.2, 0.25) is 10.0 Å². The van der Waals surface area contributed by atoms with Crippen molar-refractivity contribution >= 4 is 27.0 Å². The molecule has 20 heavy (non-hydrogen) atoms. The molecule has 7 nitrogen and oxygen atoms in total. The minimum Gasteiger partial charge on any atom is -0.335 e. The number of hydrogen-bond donors (Lipinski definition) is 1. The van der Waals surface area contributed by atoms with E-state index in [2.05, 4.69) is 10.1 Å². The summed E-state index contributed by atoms with van der Waals surface area (Å²) < 4.78 is 29.5. The number of nitrogens with zero attached hydrogens (tertiary/aromatic N) is 2. The molecule has 0 aromatic carbocycles. The molecular formula is C12H15N3O4S. The molecule has 0 saturated carbocycles. The van der Waals surface area contributed by atoms with Crippen LogP contribution < -0.4 is 4.72 Å². The summed E-state index contributed by atoms with van der Waals surface area (Å²) in [5, 5.41) is 4.36. The highest BCUT2D eigenvalue weighted by Crippen LogP contribution is 2.27. The van der Waals surface area contributed by atoms with Crippen molar-refractivity contribution in [2.75, 3.05) is 6.26 Å². The number of fused-ring (bicyclic) bond motifs is 1. The van der Waals surface area contributed by atoms with Gasteiger partial charge in [0.1, 0.15) is 0 Å². The highest BCUT2D eigenvalue weighted by Gasteiger charge is 2.22. The van der Waals surface area contributed by atoms with Crippen LogP contribution >= 0.6 is 0 Å². The van der Waals surface area contributed by atoms with Crippen LogP contribution in [0.3, 0.4) is 0 Å². The van der Waals surface area contributed by atoms with Crippen molar-refractivity contribution < 1.29 is 17.7 Å². The van der Waals surface area contributed by atoms with E-state index in [1.165, 1.54) is 6.07 Å². The Balaban J connectivity index is 2.67. The van der Waals surface area contributed by atoms with Gasteiger partial charge in [-0.3, -0.25) is 4.79 Å². The van der Waals surface area contributed by atoms with E-state index in [0.717, 1.165) is 6.26 Å². The van der Waals surface area contributed by atoms with Crippen molar-refractivity contribution in [3.63, 3.8) is 0 Å². The average Bonchev–Trinajstić information content (AvgIpc) is 2.68. The number of carbonyl (C=O) groups is 1. The number of hydrogen-bond acceptors (Lipinski definition) is 6. The van der Waals surface area contributed by atoms with Crippen LogP contribution in [0.1, 0.15) is 41.5 Å². The Morgan fingerprint density at radius 2 is 2.05 bits per heavy atom.